The summed E-state index contributed by atoms with van der Waals surface area (Å²) >= 11 is 5.43. The molecule has 1 aromatic carbocycles. The van der Waals surface area contributed by atoms with Crippen molar-refractivity contribution in [3.05, 3.63) is 35.7 Å². The van der Waals surface area contributed by atoms with Crippen LogP contribution in [0.4, 0.5) is 4.39 Å². The van der Waals surface area contributed by atoms with Crippen molar-refractivity contribution in [2.45, 2.75) is 0 Å². The van der Waals surface area contributed by atoms with Crippen LogP contribution in [0.2, 0.25) is 0 Å². The number of benzene rings is 1. The molecule has 0 fully saturated rings. The molecular weight excluding hydrogens is 191 g/mol. The van der Waals surface area contributed by atoms with E-state index < -0.39 is 0 Å². The zero-order chi connectivity index (χ0) is 9.68. The molecule has 13 heavy (non-hydrogen) atoms. The van der Waals surface area contributed by atoms with Gasteiger partial charge in [-0.25, -0.2) is 4.39 Å². The highest BCUT2D eigenvalue weighted by atomic mass is 35.5. The van der Waals surface area contributed by atoms with E-state index in [0.29, 0.717) is 17.2 Å². The molecule has 0 saturated carbocycles. The van der Waals surface area contributed by atoms with Crippen LogP contribution in [0.1, 0.15) is 5.56 Å². The quantitative estimate of drug-likeness (QED) is 0.682. The third-order valence-electron chi connectivity index (χ3n) is 1.59. The van der Waals surface area contributed by atoms with Gasteiger partial charge in [-0.15, -0.1) is 11.6 Å². The number of allylic oxidation sites excluding steroid dienone is 1. The zero-order valence-corrected chi connectivity index (χ0v) is 8.01. The molecule has 0 radical (unpaired) electrons. The lowest BCUT2D eigenvalue weighted by atomic mass is 10.2. The zero-order valence-electron chi connectivity index (χ0n) is 7.26. The minimum Gasteiger partial charge on any atom is -0.497 e. The van der Waals surface area contributed by atoms with E-state index in [0.717, 1.165) is 0 Å². The predicted octanol–water partition coefficient (Wildman–Crippen LogP) is 3.09. The maximum atomic E-state index is 13.2. The summed E-state index contributed by atoms with van der Waals surface area (Å²) in [6, 6.07) is 4.70. The number of halogens is 2. The van der Waals surface area contributed by atoms with Crippen LogP contribution in [0.25, 0.3) is 6.08 Å². The van der Waals surface area contributed by atoms with Crippen molar-refractivity contribution in [3.63, 3.8) is 0 Å². The summed E-state index contributed by atoms with van der Waals surface area (Å²) in [6.07, 6.45) is 3.33. The van der Waals surface area contributed by atoms with Gasteiger partial charge in [0.2, 0.25) is 0 Å². The lowest BCUT2D eigenvalue weighted by Crippen LogP contribution is -1.86. The first-order valence-electron chi connectivity index (χ1n) is 3.84. The van der Waals surface area contributed by atoms with Gasteiger partial charge in [0, 0.05) is 17.5 Å². The third kappa shape index (κ3) is 2.74. The van der Waals surface area contributed by atoms with Crippen molar-refractivity contribution in [3.8, 4) is 5.75 Å². The second kappa shape index (κ2) is 4.87. The molecule has 0 aliphatic heterocycles. The van der Waals surface area contributed by atoms with Crippen LogP contribution in [-0.4, -0.2) is 13.0 Å². The molecule has 3 heteroatoms. The number of alkyl halides is 1. The maximum absolute atomic E-state index is 13.2. The van der Waals surface area contributed by atoms with E-state index in [1.54, 1.807) is 24.3 Å². The van der Waals surface area contributed by atoms with Gasteiger partial charge in [0.1, 0.15) is 11.6 Å². The summed E-state index contributed by atoms with van der Waals surface area (Å²) in [5.74, 6) is 0.590. The van der Waals surface area contributed by atoms with Crippen LogP contribution in [0.3, 0.4) is 0 Å². The Hall–Kier alpha value is -1.02. The fourth-order valence-electron chi connectivity index (χ4n) is 0.942. The van der Waals surface area contributed by atoms with E-state index in [9.17, 15) is 4.39 Å². The smallest absolute Gasteiger partial charge is 0.134 e. The second-order valence-corrected chi connectivity index (χ2v) is 2.75. The molecule has 1 aromatic rings. The Kier molecular flexibility index (Phi) is 3.77. The lowest BCUT2D eigenvalue weighted by molar-refractivity contribution is 0.411. The number of rotatable bonds is 3. The molecule has 0 aromatic heterocycles. The van der Waals surface area contributed by atoms with Gasteiger partial charge >= 0.3 is 0 Å². The molecule has 0 atom stereocenters. The normalized spacial score (nSPS) is 10.7. The fourth-order valence-corrected chi connectivity index (χ4v) is 1.03. The summed E-state index contributed by atoms with van der Waals surface area (Å²) < 4.78 is 18.1. The van der Waals surface area contributed by atoms with Gasteiger partial charge in [0.15, 0.2) is 0 Å². The Morgan fingerprint density at radius 2 is 2.31 bits per heavy atom. The molecule has 0 amide bonds. The van der Waals surface area contributed by atoms with Crippen LogP contribution in [0.5, 0.6) is 5.75 Å². The Bertz CT molecular complexity index is 310. The maximum Gasteiger partial charge on any atom is 0.134 e. The molecule has 0 saturated heterocycles. The summed E-state index contributed by atoms with van der Waals surface area (Å²) in [7, 11) is 1.50. The highest BCUT2D eigenvalue weighted by Gasteiger charge is 1.99. The molecular formula is C10H10ClFO. The van der Waals surface area contributed by atoms with E-state index in [4.69, 9.17) is 16.3 Å². The van der Waals surface area contributed by atoms with E-state index >= 15 is 0 Å². The van der Waals surface area contributed by atoms with E-state index in [-0.39, 0.29) is 5.82 Å². The Balaban J connectivity index is 2.91. The molecule has 0 N–H and O–H groups in total. The van der Waals surface area contributed by atoms with Gasteiger partial charge in [-0.3, -0.25) is 0 Å². The SMILES string of the molecule is COc1ccc(C=CCCl)c(F)c1. The third-order valence-corrected chi connectivity index (χ3v) is 1.77. The van der Waals surface area contributed by atoms with Crippen LogP contribution in [0.15, 0.2) is 24.3 Å². The van der Waals surface area contributed by atoms with Gasteiger partial charge in [0.25, 0.3) is 0 Å². The van der Waals surface area contributed by atoms with Gasteiger partial charge in [-0.1, -0.05) is 12.2 Å². The summed E-state index contributed by atoms with van der Waals surface area (Å²) in [5, 5.41) is 0. The number of hydrogen-bond donors (Lipinski definition) is 0. The number of methoxy groups -OCH3 is 1. The van der Waals surface area contributed by atoms with Crippen molar-refractivity contribution in [1.29, 1.82) is 0 Å². The van der Waals surface area contributed by atoms with Gasteiger partial charge < -0.3 is 4.74 Å². The molecule has 0 unspecified atom stereocenters. The average molecular weight is 201 g/mol. The standard InChI is InChI=1S/C10H10ClFO/c1-13-9-5-4-8(3-2-6-11)10(12)7-9/h2-5,7H,6H2,1H3. The Labute approximate surface area is 81.8 Å². The van der Waals surface area contributed by atoms with Crippen molar-refractivity contribution in [2.24, 2.45) is 0 Å². The molecule has 1 nitrogen and oxygen atoms in total. The van der Waals surface area contributed by atoms with E-state index in [1.165, 1.54) is 13.2 Å². The largest absolute Gasteiger partial charge is 0.497 e. The first-order valence-corrected chi connectivity index (χ1v) is 4.37. The topological polar surface area (TPSA) is 9.23 Å². The second-order valence-electron chi connectivity index (χ2n) is 2.44. The minimum absolute atomic E-state index is 0.305. The highest BCUT2D eigenvalue weighted by Crippen LogP contribution is 2.17. The van der Waals surface area contributed by atoms with Crippen molar-refractivity contribution >= 4 is 17.7 Å². The lowest BCUT2D eigenvalue weighted by Gasteiger charge is -2.01. The summed E-state index contributed by atoms with van der Waals surface area (Å²) in [5.41, 5.74) is 0.515. The average Bonchev–Trinajstić information content (AvgIpc) is 2.16. The first-order chi connectivity index (χ1) is 6.27. The molecule has 70 valence electrons. The molecule has 0 spiro atoms. The van der Waals surface area contributed by atoms with E-state index in [2.05, 4.69) is 0 Å². The Morgan fingerprint density at radius 1 is 1.54 bits per heavy atom. The molecule has 1 rings (SSSR count). The highest BCUT2D eigenvalue weighted by molar-refractivity contribution is 6.19. The summed E-state index contributed by atoms with van der Waals surface area (Å²) in [4.78, 5) is 0. The van der Waals surface area contributed by atoms with Crippen molar-refractivity contribution < 1.29 is 9.13 Å². The van der Waals surface area contributed by atoms with Crippen molar-refractivity contribution in [1.82, 2.24) is 0 Å². The van der Waals surface area contributed by atoms with E-state index in [1.807, 2.05) is 0 Å². The summed E-state index contributed by atoms with van der Waals surface area (Å²) in [6.45, 7) is 0. The van der Waals surface area contributed by atoms with Crippen LogP contribution >= 0.6 is 11.6 Å². The first kappa shape index (κ1) is 10.1. The minimum atomic E-state index is -0.305. The monoisotopic (exact) mass is 200 g/mol. The Morgan fingerprint density at radius 3 is 2.85 bits per heavy atom. The fraction of sp³-hybridized carbons (Fsp3) is 0.200. The van der Waals surface area contributed by atoms with Gasteiger partial charge in [-0.05, 0) is 12.1 Å². The van der Waals surface area contributed by atoms with Gasteiger partial charge in [-0.2, -0.15) is 0 Å². The molecule has 0 aliphatic rings. The number of ether oxygens (including phenoxy) is 1. The molecule has 0 heterocycles. The molecule has 0 aliphatic carbocycles. The van der Waals surface area contributed by atoms with Crippen LogP contribution in [-0.2, 0) is 0 Å². The van der Waals surface area contributed by atoms with Crippen molar-refractivity contribution in [2.75, 3.05) is 13.0 Å². The molecule has 0 bridgehead atoms. The predicted molar refractivity (Wildman–Crippen MR) is 52.7 cm³/mol. The van der Waals surface area contributed by atoms with Gasteiger partial charge in [0.05, 0.1) is 7.11 Å². The van der Waals surface area contributed by atoms with Crippen LogP contribution in [0, 0.1) is 5.82 Å². The number of hydrogen-bond acceptors (Lipinski definition) is 1. The van der Waals surface area contributed by atoms with Crippen LogP contribution < -0.4 is 4.74 Å².